The first-order valence-corrected chi connectivity index (χ1v) is 11.9. The van der Waals surface area contributed by atoms with Crippen LogP contribution in [0.15, 0.2) is 24.3 Å². The molecule has 0 spiro atoms. The Morgan fingerprint density at radius 2 is 1.38 bits per heavy atom. The molecule has 3 nitrogen and oxygen atoms in total. The summed E-state index contributed by atoms with van der Waals surface area (Å²) in [5.74, 6) is 0.808. The lowest BCUT2D eigenvalue weighted by Crippen LogP contribution is -2.18. The Morgan fingerprint density at radius 1 is 0.844 bits per heavy atom. The minimum absolute atomic E-state index is 0.164. The highest BCUT2D eigenvalue weighted by atomic mass is 16.5. The molecule has 2 aromatic carbocycles. The van der Waals surface area contributed by atoms with Crippen molar-refractivity contribution in [3.8, 4) is 11.5 Å². The van der Waals surface area contributed by atoms with Gasteiger partial charge in [-0.15, -0.1) is 0 Å². The summed E-state index contributed by atoms with van der Waals surface area (Å²) in [5, 5.41) is 11.1. The van der Waals surface area contributed by atoms with Crippen LogP contribution >= 0.6 is 0 Å². The third-order valence-electron chi connectivity index (χ3n) is 5.84. The molecule has 0 radical (unpaired) electrons. The van der Waals surface area contributed by atoms with Crippen LogP contribution in [0.4, 0.5) is 0 Å². The predicted octanol–water partition coefficient (Wildman–Crippen LogP) is 7.68. The second kappa shape index (κ2) is 10.1. The Bertz CT molecular complexity index is 956. The van der Waals surface area contributed by atoms with Gasteiger partial charge in [-0.2, -0.15) is 0 Å². The van der Waals surface area contributed by atoms with Crippen molar-refractivity contribution in [2.24, 2.45) is 0 Å². The number of hydrogen-bond donors (Lipinski definition) is 1. The summed E-state index contributed by atoms with van der Waals surface area (Å²) < 4.78 is 6.02. The molecule has 32 heavy (non-hydrogen) atoms. The highest BCUT2D eigenvalue weighted by Crippen LogP contribution is 2.40. The van der Waals surface area contributed by atoms with E-state index in [4.69, 9.17) is 4.74 Å². The average Bonchev–Trinajstić information content (AvgIpc) is 2.64. The first kappa shape index (κ1) is 26.0. The molecule has 0 aliphatic heterocycles. The van der Waals surface area contributed by atoms with Crippen molar-refractivity contribution in [2.45, 2.75) is 105 Å². The Morgan fingerprint density at radius 3 is 1.91 bits per heavy atom. The molecule has 0 saturated carbocycles. The third-order valence-corrected chi connectivity index (χ3v) is 5.84. The molecule has 0 atom stereocenters. The number of hydrogen-bond acceptors (Lipinski definition) is 3. The molecule has 0 aliphatic carbocycles. The molecule has 2 rings (SSSR count). The van der Waals surface area contributed by atoms with Crippen molar-refractivity contribution >= 4 is 5.97 Å². The Labute approximate surface area is 195 Å². The molecule has 0 bridgehead atoms. The zero-order valence-corrected chi connectivity index (χ0v) is 21.6. The summed E-state index contributed by atoms with van der Waals surface area (Å²) in [6, 6.07) is 8.30. The normalized spacial score (nSPS) is 12.2. The zero-order chi connectivity index (χ0) is 24.3. The van der Waals surface area contributed by atoms with Crippen molar-refractivity contribution in [1.82, 2.24) is 0 Å². The number of carbonyl (C=O) groups is 1. The zero-order valence-electron chi connectivity index (χ0n) is 21.6. The van der Waals surface area contributed by atoms with E-state index < -0.39 is 0 Å². The van der Waals surface area contributed by atoms with Gasteiger partial charge < -0.3 is 9.84 Å². The van der Waals surface area contributed by atoms with Gasteiger partial charge in [0.15, 0.2) is 0 Å². The maximum atomic E-state index is 12.7. The van der Waals surface area contributed by atoms with E-state index >= 15 is 0 Å². The van der Waals surface area contributed by atoms with Crippen LogP contribution in [0.25, 0.3) is 0 Å². The minimum Gasteiger partial charge on any atom is -0.507 e. The molecule has 2 aromatic rings. The van der Waals surface area contributed by atoms with Crippen LogP contribution in [0.3, 0.4) is 0 Å². The fourth-order valence-corrected chi connectivity index (χ4v) is 4.11. The lowest BCUT2D eigenvalue weighted by Gasteiger charge is -2.26. The van der Waals surface area contributed by atoms with Gasteiger partial charge >= 0.3 is 5.97 Å². The third kappa shape index (κ3) is 6.60. The number of carbonyl (C=O) groups excluding carboxylic acids is 1. The Hall–Kier alpha value is -2.29. The molecule has 0 aromatic heterocycles. The van der Waals surface area contributed by atoms with E-state index in [1.54, 1.807) is 0 Å². The minimum atomic E-state index is -0.183. The van der Waals surface area contributed by atoms with E-state index in [1.165, 1.54) is 0 Å². The second-order valence-corrected chi connectivity index (χ2v) is 11.2. The second-order valence-electron chi connectivity index (χ2n) is 11.2. The van der Waals surface area contributed by atoms with Crippen molar-refractivity contribution in [1.29, 1.82) is 0 Å². The van der Waals surface area contributed by atoms with E-state index in [-0.39, 0.29) is 16.8 Å². The van der Waals surface area contributed by atoms with E-state index in [0.717, 1.165) is 52.6 Å². The van der Waals surface area contributed by atoms with Gasteiger partial charge in [-0.3, -0.25) is 4.79 Å². The number of benzene rings is 2. The molecule has 0 heterocycles. The lowest BCUT2D eigenvalue weighted by molar-refractivity contribution is -0.134. The molecule has 176 valence electrons. The summed E-state index contributed by atoms with van der Waals surface area (Å²) in [6.07, 6.45) is 3.87. The molecular formula is C29H42O3. The van der Waals surface area contributed by atoms with E-state index in [2.05, 4.69) is 80.5 Å². The monoisotopic (exact) mass is 438 g/mol. The number of phenols is 1. The Kier molecular flexibility index (Phi) is 8.20. The van der Waals surface area contributed by atoms with Gasteiger partial charge in [-0.1, -0.05) is 96.7 Å². The highest BCUT2D eigenvalue weighted by Gasteiger charge is 2.26. The predicted molar refractivity (Wildman–Crippen MR) is 134 cm³/mol. The standard InChI is InChI=1S/C29H42O3/c1-10-11-12-13-25(30)32-27-22(15-20(3)17-24(27)29(7,8)9)18-21-14-19(2)16-23(26(21)31)28(4,5)6/h14-17,31H,10-13,18H2,1-9H3. The average molecular weight is 439 g/mol. The molecule has 1 N–H and O–H groups in total. The number of esters is 1. The molecule has 0 fully saturated rings. The molecule has 0 saturated heterocycles. The fraction of sp³-hybridized carbons (Fsp3) is 0.552. The van der Waals surface area contributed by atoms with Crippen molar-refractivity contribution in [3.05, 3.63) is 57.6 Å². The van der Waals surface area contributed by atoms with Crippen LogP contribution in [-0.4, -0.2) is 11.1 Å². The number of aryl methyl sites for hydroxylation is 2. The van der Waals surface area contributed by atoms with Gasteiger partial charge in [0.05, 0.1) is 0 Å². The van der Waals surface area contributed by atoms with Gasteiger partial charge in [0.1, 0.15) is 11.5 Å². The maximum Gasteiger partial charge on any atom is 0.311 e. The van der Waals surface area contributed by atoms with Crippen LogP contribution in [0.2, 0.25) is 0 Å². The summed E-state index contributed by atoms with van der Waals surface area (Å²) >= 11 is 0. The quantitative estimate of drug-likeness (QED) is 0.274. The van der Waals surface area contributed by atoms with Gasteiger partial charge in [0, 0.05) is 18.4 Å². The van der Waals surface area contributed by atoms with E-state index in [0.29, 0.717) is 24.3 Å². The maximum absolute atomic E-state index is 12.7. The lowest BCUT2D eigenvalue weighted by atomic mass is 9.81. The smallest absolute Gasteiger partial charge is 0.311 e. The summed E-state index contributed by atoms with van der Waals surface area (Å²) in [4.78, 5) is 12.7. The van der Waals surface area contributed by atoms with Gasteiger partial charge in [-0.05, 0) is 47.8 Å². The SMILES string of the molecule is CCCCCC(=O)Oc1c(Cc2cc(C)cc(C(C)(C)C)c2O)cc(C)cc1C(C)(C)C. The van der Waals surface area contributed by atoms with Crippen molar-refractivity contribution < 1.29 is 14.6 Å². The largest absolute Gasteiger partial charge is 0.507 e. The van der Waals surface area contributed by atoms with Crippen LogP contribution in [0, 0.1) is 13.8 Å². The Balaban J connectivity index is 2.57. The first-order chi connectivity index (χ1) is 14.7. The number of aromatic hydroxyl groups is 1. The number of ether oxygens (including phenoxy) is 1. The highest BCUT2D eigenvalue weighted by molar-refractivity contribution is 5.74. The van der Waals surface area contributed by atoms with Crippen LogP contribution in [0.1, 0.15) is 108 Å². The summed E-state index contributed by atoms with van der Waals surface area (Å²) in [5.41, 5.74) is 5.67. The van der Waals surface area contributed by atoms with Crippen molar-refractivity contribution in [3.63, 3.8) is 0 Å². The van der Waals surface area contributed by atoms with Crippen LogP contribution in [0.5, 0.6) is 11.5 Å². The molecular weight excluding hydrogens is 396 g/mol. The fourth-order valence-electron chi connectivity index (χ4n) is 4.11. The molecule has 0 aliphatic rings. The summed E-state index contributed by atoms with van der Waals surface area (Å²) in [6.45, 7) is 19.0. The van der Waals surface area contributed by atoms with Gasteiger partial charge in [0.2, 0.25) is 0 Å². The number of unbranched alkanes of at least 4 members (excludes halogenated alkanes) is 2. The number of rotatable bonds is 7. The molecule has 0 amide bonds. The van der Waals surface area contributed by atoms with Crippen LogP contribution < -0.4 is 4.74 Å². The van der Waals surface area contributed by atoms with Crippen LogP contribution in [-0.2, 0) is 22.0 Å². The van der Waals surface area contributed by atoms with E-state index in [9.17, 15) is 9.90 Å². The van der Waals surface area contributed by atoms with Gasteiger partial charge in [-0.25, -0.2) is 0 Å². The van der Waals surface area contributed by atoms with Gasteiger partial charge in [0.25, 0.3) is 0 Å². The molecule has 3 heteroatoms. The van der Waals surface area contributed by atoms with Crippen molar-refractivity contribution in [2.75, 3.05) is 0 Å². The number of phenolic OH excluding ortho intramolecular Hbond substituents is 1. The van der Waals surface area contributed by atoms with E-state index in [1.807, 2.05) is 6.07 Å². The topological polar surface area (TPSA) is 46.5 Å². The summed E-state index contributed by atoms with van der Waals surface area (Å²) in [7, 11) is 0. The first-order valence-electron chi connectivity index (χ1n) is 11.9. The molecule has 0 unspecified atom stereocenters.